The van der Waals surface area contributed by atoms with Gasteiger partial charge < -0.3 is 9.84 Å². The fraction of sp³-hybridized carbons (Fsp3) is 0.312. The number of methoxy groups -OCH3 is 1. The van der Waals surface area contributed by atoms with E-state index >= 15 is 0 Å². The van der Waals surface area contributed by atoms with Gasteiger partial charge in [0.25, 0.3) is 0 Å². The summed E-state index contributed by atoms with van der Waals surface area (Å²) in [5.74, 6) is 0.363. The van der Waals surface area contributed by atoms with Gasteiger partial charge in [0.2, 0.25) is 0 Å². The van der Waals surface area contributed by atoms with E-state index in [0.717, 1.165) is 17.6 Å². The third-order valence-electron chi connectivity index (χ3n) is 3.61. The number of rotatable bonds is 4. The minimum atomic E-state index is -3.51. The van der Waals surface area contributed by atoms with Crippen LogP contribution < -0.4 is 4.74 Å². The lowest BCUT2D eigenvalue weighted by molar-refractivity contribution is 0.414. The van der Waals surface area contributed by atoms with Crippen LogP contribution in [0.1, 0.15) is 29.8 Å². The van der Waals surface area contributed by atoms with Crippen molar-refractivity contribution < 1.29 is 18.3 Å². The lowest BCUT2D eigenvalue weighted by Gasteiger charge is -2.15. The molecule has 0 fully saturated rings. The Bertz CT molecular complexity index is 783. The standard InChI is InChI=1S/C16H19NO4S/c1-10(12-5-7-13(21-3)8-6-12)14-9-15(22(4,19)20)16(18)11(2)17-14/h5-10,18H,1-4H3. The number of aromatic nitrogens is 1. The quantitative estimate of drug-likeness (QED) is 0.937. The minimum absolute atomic E-state index is 0.0876. The van der Waals surface area contributed by atoms with Gasteiger partial charge in [-0.1, -0.05) is 19.1 Å². The first-order chi connectivity index (χ1) is 10.2. The highest BCUT2D eigenvalue weighted by atomic mass is 32.2. The number of aryl methyl sites for hydroxylation is 1. The summed E-state index contributed by atoms with van der Waals surface area (Å²) in [5, 5.41) is 9.92. The van der Waals surface area contributed by atoms with Crippen molar-refractivity contribution in [2.24, 2.45) is 0 Å². The Balaban J connectivity index is 2.49. The number of aromatic hydroxyl groups is 1. The molecule has 1 unspecified atom stereocenters. The molecule has 1 aromatic heterocycles. The van der Waals surface area contributed by atoms with Crippen molar-refractivity contribution in [1.29, 1.82) is 0 Å². The minimum Gasteiger partial charge on any atom is -0.505 e. The highest BCUT2D eigenvalue weighted by molar-refractivity contribution is 7.90. The van der Waals surface area contributed by atoms with E-state index in [1.54, 1.807) is 14.0 Å². The van der Waals surface area contributed by atoms with Crippen LogP contribution in [0.5, 0.6) is 11.5 Å². The molecule has 5 nitrogen and oxygen atoms in total. The molecule has 0 bridgehead atoms. The summed E-state index contributed by atoms with van der Waals surface area (Å²) in [4.78, 5) is 4.23. The first kappa shape index (κ1) is 16.3. The Labute approximate surface area is 130 Å². The maximum Gasteiger partial charge on any atom is 0.179 e. The second-order valence-electron chi connectivity index (χ2n) is 5.25. The summed E-state index contributed by atoms with van der Waals surface area (Å²) in [7, 11) is -1.92. The van der Waals surface area contributed by atoms with Gasteiger partial charge in [0.15, 0.2) is 15.6 Å². The van der Waals surface area contributed by atoms with Crippen molar-refractivity contribution >= 4 is 9.84 Å². The topological polar surface area (TPSA) is 76.5 Å². The Hall–Kier alpha value is -2.08. The second-order valence-corrected chi connectivity index (χ2v) is 7.23. The van der Waals surface area contributed by atoms with Gasteiger partial charge in [-0.3, -0.25) is 4.98 Å². The lowest BCUT2D eigenvalue weighted by atomic mass is 9.97. The van der Waals surface area contributed by atoms with E-state index in [9.17, 15) is 13.5 Å². The molecule has 2 rings (SSSR count). The molecule has 0 saturated carbocycles. The molecule has 1 atom stereocenters. The smallest absolute Gasteiger partial charge is 0.179 e. The number of pyridine rings is 1. The van der Waals surface area contributed by atoms with Gasteiger partial charge in [-0.2, -0.15) is 0 Å². The normalized spacial score (nSPS) is 12.9. The fourth-order valence-electron chi connectivity index (χ4n) is 2.23. The molecule has 0 amide bonds. The van der Waals surface area contributed by atoms with Gasteiger partial charge in [0.1, 0.15) is 10.6 Å². The summed E-state index contributed by atoms with van der Waals surface area (Å²) in [6.45, 7) is 3.53. The molecule has 0 aliphatic carbocycles. The zero-order chi connectivity index (χ0) is 16.5. The molecule has 6 heteroatoms. The maximum absolute atomic E-state index is 11.8. The molecule has 0 radical (unpaired) electrons. The van der Waals surface area contributed by atoms with Crippen molar-refractivity contribution in [3.8, 4) is 11.5 Å². The van der Waals surface area contributed by atoms with Crippen molar-refractivity contribution in [1.82, 2.24) is 4.98 Å². The van der Waals surface area contributed by atoms with Crippen molar-refractivity contribution in [3.05, 3.63) is 47.3 Å². The molecule has 1 aromatic carbocycles. The summed E-state index contributed by atoms with van der Waals surface area (Å²) < 4.78 is 28.7. The molecule has 1 heterocycles. The summed E-state index contributed by atoms with van der Waals surface area (Å²) in [6, 6.07) is 8.95. The fourth-order valence-corrected chi connectivity index (χ4v) is 3.06. The molecule has 0 spiro atoms. The molecule has 118 valence electrons. The number of benzene rings is 1. The number of nitrogens with zero attached hydrogens (tertiary/aromatic N) is 1. The molecule has 0 aliphatic rings. The van der Waals surface area contributed by atoms with Crippen LogP contribution in [-0.2, 0) is 9.84 Å². The number of sulfone groups is 1. The van der Waals surface area contributed by atoms with Crippen LogP contribution in [0.2, 0.25) is 0 Å². The Morgan fingerprint density at radius 2 is 1.82 bits per heavy atom. The third-order valence-corrected chi connectivity index (χ3v) is 4.72. The van der Waals surface area contributed by atoms with E-state index in [-0.39, 0.29) is 16.6 Å². The van der Waals surface area contributed by atoms with Crippen LogP contribution in [0.4, 0.5) is 0 Å². The molecule has 22 heavy (non-hydrogen) atoms. The lowest BCUT2D eigenvalue weighted by Crippen LogP contribution is -2.06. The van der Waals surface area contributed by atoms with Crippen LogP contribution in [0.25, 0.3) is 0 Å². The Morgan fingerprint density at radius 1 is 1.23 bits per heavy atom. The average molecular weight is 321 g/mol. The monoisotopic (exact) mass is 321 g/mol. The van der Waals surface area contributed by atoms with Crippen molar-refractivity contribution in [2.45, 2.75) is 24.7 Å². The van der Waals surface area contributed by atoms with Crippen molar-refractivity contribution in [3.63, 3.8) is 0 Å². The van der Waals surface area contributed by atoms with E-state index in [0.29, 0.717) is 11.4 Å². The van der Waals surface area contributed by atoms with Crippen LogP contribution in [0.15, 0.2) is 35.2 Å². The van der Waals surface area contributed by atoms with E-state index in [1.807, 2.05) is 31.2 Å². The van der Waals surface area contributed by atoms with Crippen molar-refractivity contribution in [2.75, 3.05) is 13.4 Å². The molecule has 0 saturated heterocycles. The first-order valence-corrected chi connectivity index (χ1v) is 8.67. The highest BCUT2D eigenvalue weighted by Crippen LogP contribution is 2.31. The van der Waals surface area contributed by atoms with Crippen LogP contribution in [0.3, 0.4) is 0 Å². The molecule has 2 aromatic rings. The molecular weight excluding hydrogens is 302 g/mol. The van der Waals surface area contributed by atoms with Crippen LogP contribution in [0, 0.1) is 6.92 Å². The molecular formula is C16H19NO4S. The van der Waals surface area contributed by atoms with Gasteiger partial charge >= 0.3 is 0 Å². The molecule has 0 aliphatic heterocycles. The third kappa shape index (κ3) is 3.22. The van der Waals surface area contributed by atoms with Gasteiger partial charge in [0.05, 0.1) is 12.8 Å². The maximum atomic E-state index is 11.8. The summed E-state index contributed by atoms with van der Waals surface area (Å²) in [5.41, 5.74) is 1.89. The number of hydrogen-bond donors (Lipinski definition) is 1. The largest absolute Gasteiger partial charge is 0.505 e. The number of hydrogen-bond acceptors (Lipinski definition) is 5. The zero-order valence-corrected chi connectivity index (χ0v) is 13.8. The first-order valence-electron chi connectivity index (χ1n) is 6.78. The van der Waals surface area contributed by atoms with Crippen LogP contribution in [-0.4, -0.2) is 31.9 Å². The van der Waals surface area contributed by atoms with Gasteiger partial charge in [0, 0.05) is 17.9 Å². The van der Waals surface area contributed by atoms with Crippen LogP contribution >= 0.6 is 0 Å². The van der Waals surface area contributed by atoms with Gasteiger partial charge in [-0.05, 0) is 30.7 Å². The van der Waals surface area contributed by atoms with E-state index in [4.69, 9.17) is 4.74 Å². The Morgan fingerprint density at radius 3 is 2.32 bits per heavy atom. The van der Waals surface area contributed by atoms with Gasteiger partial charge in [-0.15, -0.1) is 0 Å². The van der Waals surface area contributed by atoms with Gasteiger partial charge in [-0.25, -0.2) is 8.42 Å². The predicted octanol–water partition coefficient (Wildman–Crippen LogP) is 2.66. The summed E-state index contributed by atoms with van der Waals surface area (Å²) in [6.07, 6.45) is 1.07. The average Bonchev–Trinajstić information content (AvgIpc) is 2.48. The van der Waals surface area contributed by atoms with E-state index < -0.39 is 9.84 Å². The molecule has 1 N–H and O–H groups in total. The predicted molar refractivity (Wildman–Crippen MR) is 84.3 cm³/mol. The summed E-state index contributed by atoms with van der Waals surface area (Å²) >= 11 is 0. The second kappa shape index (κ2) is 5.96. The zero-order valence-electron chi connectivity index (χ0n) is 13.0. The van der Waals surface area contributed by atoms with E-state index in [1.165, 1.54) is 6.07 Å². The van der Waals surface area contributed by atoms with E-state index in [2.05, 4.69) is 4.98 Å². The Kier molecular flexibility index (Phi) is 4.42. The SMILES string of the molecule is COc1ccc(C(C)c2cc(S(C)(=O)=O)c(O)c(C)n2)cc1. The number of ether oxygens (including phenoxy) is 1. The highest BCUT2D eigenvalue weighted by Gasteiger charge is 2.20.